The third-order valence-corrected chi connectivity index (χ3v) is 4.54. The van der Waals surface area contributed by atoms with Crippen LogP contribution in [0.25, 0.3) is 0 Å². The predicted molar refractivity (Wildman–Crippen MR) is 87.9 cm³/mol. The fraction of sp³-hybridized carbons (Fsp3) is 0.500. The maximum Gasteiger partial charge on any atom is 0.323 e. The molecule has 1 unspecified atom stereocenters. The van der Waals surface area contributed by atoms with Crippen LogP contribution in [0.1, 0.15) is 25.8 Å². The molecule has 23 heavy (non-hydrogen) atoms. The third-order valence-electron chi connectivity index (χ3n) is 3.80. The van der Waals surface area contributed by atoms with Crippen LogP contribution in [0, 0.1) is 0 Å². The van der Waals surface area contributed by atoms with Crippen LogP contribution in [-0.4, -0.2) is 47.7 Å². The Morgan fingerprint density at radius 2 is 1.91 bits per heavy atom. The summed E-state index contributed by atoms with van der Waals surface area (Å²) in [6.07, 6.45) is 0.802. The van der Waals surface area contributed by atoms with E-state index in [4.69, 9.17) is 14.6 Å². The van der Waals surface area contributed by atoms with E-state index >= 15 is 0 Å². The van der Waals surface area contributed by atoms with Gasteiger partial charge in [-0.15, -0.1) is 0 Å². The smallest absolute Gasteiger partial charge is 0.323 e. The molecule has 1 amide bonds. The number of carbonyl (C=O) groups excluding carboxylic acids is 1. The fourth-order valence-corrected chi connectivity index (χ4v) is 2.82. The van der Waals surface area contributed by atoms with Crippen molar-refractivity contribution in [2.75, 3.05) is 19.8 Å². The van der Waals surface area contributed by atoms with Crippen molar-refractivity contribution in [3.63, 3.8) is 0 Å². The minimum Gasteiger partial charge on any atom is -0.486 e. The maximum atomic E-state index is 12.5. The minimum absolute atomic E-state index is 0.106. The molecule has 126 valence electrons. The number of hydrogen-bond donors (Lipinski definition) is 1. The van der Waals surface area contributed by atoms with E-state index in [0.29, 0.717) is 31.1 Å². The van der Waals surface area contributed by atoms with Crippen molar-refractivity contribution in [1.29, 1.82) is 0 Å². The number of fused-ring (bicyclic) bond motifs is 1. The number of hydrogen-bond acceptors (Lipinski definition) is 4. The molecular formula is C16H20BrNO5. The van der Waals surface area contributed by atoms with Crippen molar-refractivity contribution in [2.24, 2.45) is 0 Å². The number of benzene rings is 1. The van der Waals surface area contributed by atoms with Crippen LogP contribution in [0.15, 0.2) is 16.6 Å². The highest BCUT2D eigenvalue weighted by molar-refractivity contribution is 9.10. The fourth-order valence-electron chi connectivity index (χ4n) is 2.36. The highest BCUT2D eigenvalue weighted by Gasteiger charge is 2.23. The zero-order valence-electron chi connectivity index (χ0n) is 13.2. The Morgan fingerprint density at radius 3 is 2.48 bits per heavy atom. The molecule has 6 nitrogen and oxygen atoms in total. The number of carbonyl (C=O) groups is 2. The average Bonchev–Trinajstić information content (AvgIpc) is 2.52. The second-order valence-corrected chi connectivity index (χ2v) is 6.29. The Balaban J connectivity index is 2.19. The van der Waals surface area contributed by atoms with E-state index in [1.165, 1.54) is 4.90 Å². The Hall–Kier alpha value is -1.76. The number of amides is 1. The quantitative estimate of drug-likeness (QED) is 0.813. The first kappa shape index (κ1) is 17.6. The molecule has 0 radical (unpaired) electrons. The van der Waals surface area contributed by atoms with E-state index in [9.17, 15) is 9.59 Å². The Kier molecular flexibility index (Phi) is 5.87. The topological polar surface area (TPSA) is 76.1 Å². The van der Waals surface area contributed by atoms with Crippen LogP contribution in [0.2, 0.25) is 0 Å². The van der Waals surface area contributed by atoms with Crippen LogP contribution in [-0.2, 0) is 16.0 Å². The number of ether oxygens (including phenoxy) is 2. The van der Waals surface area contributed by atoms with Crippen LogP contribution in [0.5, 0.6) is 11.5 Å². The van der Waals surface area contributed by atoms with Gasteiger partial charge in [-0.2, -0.15) is 0 Å². The summed E-state index contributed by atoms with van der Waals surface area (Å²) < 4.78 is 11.8. The molecule has 1 aromatic carbocycles. The first-order valence-electron chi connectivity index (χ1n) is 7.51. The van der Waals surface area contributed by atoms with E-state index in [1.54, 1.807) is 12.1 Å². The van der Waals surface area contributed by atoms with Gasteiger partial charge in [-0.1, -0.05) is 22.9 Å². The lowest BCUT2D eigenvalue weighted by Gasteiger charge is -2.27. The van der Waals surface area contributed by atoms with Gasteiger partial charge in [-0.3, -0.25) is 9.59 Å². The minimum atomic E-state index is -1.01. The lowest BCUT2D eigenvalue weighted by Crippen LogP contribution is -2.42. The van der Waals surface area contributed by atoms with Gasteiger partial charge >= 0.3 is 5.97 Å². The first-order chi connectivity index (χ1) is 10.9. The molecule has 1 aromatic rings. The zero-order valence-corrected chi connectivity index (χ0v) is 14.8. The van der Waals surface area contributed by atoms with Crippen molar-refractivity contribution in [2.45, 2.75) is 32.7 Å². The molecular weight excluding hydrogens is 366 g/mol. The molecule has 0 fully saturated rings. The normalized spacial score (nSPS) is 14.2. The standard InChI is InChI=1S/C16H20BrNO5/c1-3-10(2)18(9-16(20)21)15(19)7-11-6-13-14(8-12(11)17)23-5-4-22-13/h6,8,10H,3-5,7,9H2,1-2H3,(H,20,21). The van der Waals surface area contributed by atoms with Gasteiger partial charge in [0.2, 0.25) is 5.91 Å². The van der Waals surface area contributed by atoms with Crippen molar-refractivity contribution in [3.05, 3.63) is 22.2 Å². The molecule has 1 atom stereocenters. The van der Waals surface area contributed by atoms with Gasteiger partial charge in [0.1, 0.15) is 19.8 Å². The SMILES string of the molecule is CCC(C)N(CC(=O)O)C(=O)Cc1cc2c(cc1Br)OCCO2. The largest absolute Gasteiger partial charge is 0.486 e. The van der Waals surface area contributed by atoms with Crippen LogP contribution >= 0.6 is 15.9 Å². The van der Waals surface area contributed by atoms with Gasteiger partial charge in [-0.25, -0.2) is 0 Å². The summed E-state index contributed by atoms with van der Waals surface area (Å²) in [5, 5.41) is 9.02. The molecule has 0 aliphatic carbocycles. The van der Waals surface area contributed by atoms with Crippen LogP contribution in [0.3, 0.4) is 0 Å². The summed E-state index contributed by atoms with van der Waals surface area (Å²) in [6, 6.07) is 3.42. The summed E-state index contributed by atoms with van der Waals surface area (Å²) >= 11 is 3.44. The number of carboxylic acid groups (broad SMARTS) is 1. The molecule has 0 saturated heterocycles. The predicted octanol–water partition coefficient (Wildman–Crippen LogP) is 2.47. The molecule has 0 bridgehead atoms. The molecule has 2 rings (SSSR count). The van der Waals surface area contributed by atoms with Gasteiger partial charge < -0.3 is 19.5 Å². The Morgan fingerprint density at radius 1 is 1.30 bits per heavy atom. The van der Waals surface area contributed by atoms with Crippen molar-refractivity contribution in [3.8, 4) is 11.5 Å². The van der Waals surface area contributed by atoms with E-state index in [-0.39, 0.29) is 24.9 Å². The van der Waals surface area contributed by atoms with Crippen LogP contribution in [0.4, 0.5) is 0 Å². The lowest BCUT2D eigenvalue weighted by molar-refractivity contribution is -0.145. The molecule has 1 N–H and O–H groups in total. The van der Waals surface area contributed by atoms with Gasteiger partial charge in [0, 0.05) is 10.5 Å². The first-order valence-corrected chi connectivity index (χ1v) is 8.31. The van der Waals surface area contributed by atoms with Gasteiger partial charge in [0.15, 0.2) is 11.5 Å². The molecule has 1 aliphatic heterocycles. The average molecular weight is 386 g/mol. The molecule has 1 heterocycles. The number of nitrogens with zero attached hydrogens (tertiary/aromatic N) is 1. The van der Waals surface area contributed by atoms with E-state index in [1.807, 2.05) is 13.8 Å². The molecule has 0 saturated carbocycles. The molecule has 0 spiro atoms. The Bertz CT molecular complexity index is 604. The summed E-state index contributed by atoms with van der Waals surface area (Å²) in [5.41, 5.74) is 0.748. The van der Waals surface area contributed by atoms with Gasteiger partial charge in [-0.05, 0) is 31.0 Å². The van der Waals surface area contributed by atoms with E-state index < -0.39 is 5.97 Å². The summed E-state index contributed by atoms with van der Waals surface area (Å²) in [5.74, 6) is 0.0123. The summed E-state index contributed by atoms with van der Waals surface area (Å²) in [6.45, 7) is 4.45. The lowest BCUT2D eigenvalue weighted by atomic mass is 10.1. The van der Waals surface area contributed by atoms with Crippen molar-refractivity contribution in [1.82, 2.24) is 4.90 Å². The van der Waals surface area contributed by atoms with E-state index in [0.717, 1.165) is 10.0 Å². The highest BCUT2D eigenvalue weighted by Crippen LogP contribution is 2.35. The highest BCUT2D eigenvalue weighted by atomic mass is 79.9. The molecule has 7 heteroatoms. The molecule has 1 aliphatic rings. The number of aliphatic carboxylic acids is 1. The second-order valence-electron chi connectivity index (χ2n) is 5.44. The third kappa shape index (κ3) is 4.37. The van der Waals surface area contributed by atoms with Crippen LogP contribution < -0.4 is 9.47 Å². The molecule has 0 aromatic heterocycles. The van der Waals surface area contributed by atoms with Gasteiger partial charge in [0.25, 0.3) is 0 Å². The number of carboxylic acids is 1. The number of halogens is 1. The number of rotatable bonds is 6. The second kappa shape index (κ2) is 7.68. The van der Waals surface area contributed by atoms with Gasteiger partial charge in [0.05, 0.1) is 6.42 Å². The zero-order chi connectivity index (χ0) is 17.0. The monoisotopic (exact) mass is 385 g/mol. The summed E-state index contributed by atoms with van der Waals surface area (Å²) in [7, 11) is 0. The maximum absolute atomic E-state index is 12.5. The van der Waals surface area contributed by atoms with Crippen molar-refractivity contribution < 1.29 is 24.2 Å². The Labute approximate surface area is 143 Å². The van der Waals surface area contributed by atoms with E-state index in [2.05, 4.69) is 15.9 Å². The van der Waals surface area contributed by atoms with Crippen molar-refractivity contribution >= 4 is 27.8 Å². The summed E-state index contributed by atoms with van der Waals surface area (Å²) in [4.78, 5) is 24.9.